The van der Waals surface area contributed by atoms with E-state index in [1.54, 1.807) is 6.20 Å². The molecule has 4 heteroatoms. The van der Waals surface area contributed by atoms with Crippen molar-refractivity contribution >= 4 is 16.6 Å². The zero-order chi connectivity index (χ0) is 12.4. The quantitative estimate of drug-likeness (QED) is 0.737. The summed E-state index contributed by atoms with van der Waals surface area (Å²) < 4.78 is 0. The number of aromatic nitrogens is 3. The van der Waals surface area contributed by atoms with E-state index in [-0.39, 0.29) is 0 Å². The lowest BCUT2D eigenvalue weighted by molar-refractivity contribution is 0.982. The third kappa shape index (κ3) is 2.05. The Labute approximate surface area is 105 Å². The van der Waals surface area contributed by atoms with E-state index in [1.165, 1.54) is 0 Å². The number of hydrogen-bond donors (Lipinski definition) is 2. The molecule has 0 unspecified atom stereocenters. The highest BCUT2D eigenvalue weighted by atomic mass is 15.1. The molecule has 0 fully saturated rings. The summed E-state index contributed by atoms with van der Waals surface area (Å²) in [5.74, 6) is 0. The first kappa shape index (κ1) is 10.8. The Hall–Kier alpha value is -2.36. The van der Waals surface area contributed by atoms with Gasteiger partial charge in [0.05, 0.1) is 17.8 Å². The van der Waals surface area contributed by atoms with Crippen LogP contribution in [0.4, 0.5) is 5.69 Å². The molecule has 18 heavy (non-hydrogen) atoms. The molecule has 0 spiro atoms. The number of hydrogen-bond acceptors (Lipinski definition) is 3. The summed E-state index contributed by atoms with van der Waals surface area (Å²) in [5, 5.41) is 11.4. The van der Waals surface area contributed by atoms with E-state index in [1.807, 2.05) is 31.2 Å². The number of nitrogens with one attached hydrogen (secondary N) is 2. The second-order valence-corrected chi connectivity index (χ2v) is 4.26. The average Bonchev–Trinajstić information content (AvgIpc) is 2.89. The highest BCUT2D eigenvalue weighted by Crippen LogP contribution is 2.23. The van der Waals surface area contributed by atoms with Gasteiger partial charge in [-0.2, -0.15) is 5.10 Å². The Morgan fingerprint density at radius 2 is 2.11 bits per heavy atom. The zero-order valence-electron chi connectivity index (χ0n) is 10.1. The molecule has 4 nitrogen and oxygen atoms in total. The van der Waals surface area contributed by atoms with E-state index in [4.69, 9.17) is 0 Å². The molecule has 0 saturated carbocycles. The average molecular weight is 238 g/mol. The monoisotopic (exact) mass is 238 g/mol. The lowest BCUT2D eigenvalue weighted by Gasteiger charge is -2.09. The van der Waals surface area contributed by atoms with Crippen molar-refractivity contribution in [3.8, 4) is 0 Å². The van der Waals surface area contributed by atoms with E-state index >= 15 is 0 Å². The van der Waals surface area contributed by atoms with Gasteiger partial charge in [-0.25, -0.2) is 0 Å². The molecule has 0 aliphatic heterocycles. The first-order valence-electron chi connectivity index (χ1n) is 5.91. The number of fused-ring (bicyclic) bond motifs is 1. The Balaban J connectivity index is 1.95. The van der Waals surface area contributed by atoms with Crippen LogP contribution in [0.5, 0.6) is 0 Å². The minimum atomic E-state index is 0.730. The first-order chi connectivity index (χ1) is 8.83. The summed E-state index contributed by atoms with van der Waals surface area (Å²) in [6, 6.07) is 12.2. The Kier molecular flexibility index (Phi) is 2.68. The van der Waals surface area contributed by atoms with E-state index in [0.717, 1.165) is 34.5 Å². The molecule has 0 aliphatic rings. The second kappa shape index (κ2) is 4.49. The van der Waals surface area contributed by atoms with Gasteiger partial charge in [-0.1, -0.05) is 18.2 Å². The van der Waals surface area contributed by atoms with Gasteiger partial charge < -0.3 is 5.32 Å². The number of aromatic amines is 1. The Morgan fingerprint density at radius 1 is 1.22 bits per heavy atom. The largest absolute Gasteiger partial charge is 0.379 e. The van der Waals surface area contributed by atoms with Crippen LogP contribution in [-0.4, -0.2) is 15.2 Å². The molecular formula is C14H14N4. The summed E-state index contributed by atoms with van der Waals surface area (Å²) in [6.07, 6.45) is 1.76. The summed E-state index contributed by atoms with van der Waals surface area (Å²) in [6.45, 7) is 2.74. The van der Waals surface area contributed by atoms with Crippen LogP contribution in [0.1, 0.15) is 11.4 Å². The molecular weight excluding hydrogens is 224 g/mol. The van der Waals surface area contributed by atoms with Crippen LogP contribution in [0.3, 0.4) is 0 Å². The van der Waals surface area contributed by atoms with Crippen molar-refractivity contribution in [2.75, 3.05) is 5.32 Å². The fourth-order valence-electron chi connectivity index (χ4n) is 2.03. The van der Waals surface area contributed by atoms with Crippen LogP contribution in [-0.2, 0) is 6.54 Å². The number of para-hydroxylation sites is 1. The van der Waals surface area contributed by atoms with Gasteiger partial charge in [0.25, 0.3) is 0 Å². The SMILES string of the molecule is Cc1cc(NCc2ccn[nH]2)c2ccccc2n1. The molecule has 2 N–H and O–H groups in total. The molecule has 0 aliphatic carbocycles. The molecule has 90 valence electrons. The molecule has 0 amide bonds. The number of anilines is 1. The third-order valence-electron chi connectivity index (χ3n) is 2.87. The van der Waals surface area contributed by atoms with Gasteiger partial charge in [-0.05, 0) is 25.1 Å². The van der Waals surface area contributed by atoms with Crippen molar-refractivity contribution in [3.63, 3.8) is 0 Å². The van der Waals surface area contributed by atoms with Crippen molar-refractivity contribution in [1.82, 2.24) is 15.2 Å². The summed E-state index contributed by atoms with van der Waals surface area (Å²) in [4.78, 5) is 4.52. The molecule has 1 aromatic carbocycles. The van der Waals surface area contributed by atoms with E-state index in [9.17, 15) is 0 Å². The van der Waals surface area contributed by atoms with E-state index < -0.39 is 0 Å². The van der Waals surface area contributed by atoms with Gasteiger partial charge in [0.2, 0.25) is 0 Å². The van der Waals surface area contributed by atoms with Crippen molar-refractivity contribution in [1.29, 1.82) is 0 Å². The maximum Gasteiger partial charge on any atom is 0.0725 e. The molecule has 0 radical (unpaired) electrons. The van der Waals surface area contributed by atoms with Gasteiger partial charge in [0.15, 0.2) is 0 Å². The normalized spacial score (nSPS) is 10.7. The Bertz CT molecular complexity index is 659. The number of nitrogens with zero attached hydrogens (tertiary/aromatic N) is 2. The standard InChI is InChI=1S/C14H14N4/c1-10-8-14(15-9-11-6-7-16-18-11)12-4-2-3-5-13(12)17-10/h2-8H,9H2,1H3,(H,15,17)(H,16,18). The van der Waals surface area contributed by atoms with Crippen LogP contribution in [0, 0.1) is 6.92 Å². The van der Waals surface area contributed by atoms with Gasteiger partial charge in [0.1, 0.15) is 0 Å². The number of aryl methyl sites for hydroxylation is 1. The summed E-state index contributed by atoms with van der Waals surface area (Å²) in [5.41, 5.74) is 4.20. The molecule has 0 bridgehead atoms. The highest BCUT2D eigenvalue weighted by Gasteiger charge is 2.03. The Morgan fingerprint density at radius 3 is 2.94 bits per heavy atom. The molecule has 2 heterocycles. The smallest absolute Gasteiger partial charge is 0.0725 e. The second-order valence-electron chi connectivity index (χ2n) is 4.26. The van der Waals surface area contributed by atoms with Crippen LogP contribution >= 0.6 is 0 Å². The van der Waals surface area contributed by atoms with Crippen LogP contribution in [0.15, 0.2) is 42.6 Å². The lowest BCUT2D eigenvalue weighted by atomic mass is 10.1. The van der Waals surface area contributed by atoms with Crippen LogP contribution in [0.25, 0.3) is 10.9 Å². The van der Waals surface area contributed by atoms with Gasteiger partial charge in [-0.3, -0.25) is 10.1 Å². The molecule has 3 aromatic rings. The highest BCUT2D eigenvalue weighted by molar-refractivity contribution is 5.91. The van der Waals surface area contributed by atoms with Crippen molar-refractivity contribution in [2.45, 2.75) is 13.5 Å². The zero-order valence-corrected chi connectivity index (χ0v) is 10.1. The number of H-pyrrole nitrogens is 1. The number of benzene rings is 1. The molecule has 0 saturated heterocycles. The molecule has 0 atom stereocenters. The van der Waals surface area contributed by atoms with Gasteiger partial charge in [0, 0.05) is 23.0 Å². The minimum Gasteiger partial charge on any atom is -0.379 e. The van der Waals surface area contributed by atoms with Crippen molar-refractivity contribution in [2.24, 2.45) is 0 Å². The lowest BCUT2D eigenvalue weighted by Crippen LogP contribution is -2.01. The summed E-state index contributed by atoms with van der Waals surface area (Å²) in [7, 11) is 0. The third-order valence-corrected chi connectivity index (χ3v) is 2.87. The fourth-order valence-corrected chi connectivity index (χ4v) is 2.03. The maximum absolute atomic E-state index is 4.52. The topological polar surface area (TPSA) is 53.6 Å². The number of pyridine rings is 1. The predicted molar refractivity (Wildman–Crippen MR) is 72.4 cm³/mol. The molecule has 2 aromatic heterocycles. The van der Waals surface area contributed by atoms with Crippen LogP contribution in [0.2, 0.25) is 0 Å². The van der Waals surface area contributed by atoms with Gasteiger partial charge >= 0.3 is 0 Å². The van der Waals surface area contributed by atoms with E-state index in [2.05, 4.69) is 32.6 Å². The molecule has 3 rings (SSSR count). The van der Waals surface area contributed by atoms with E-state index in [0.29, 0.717) is 0 Å². The van der Waals surface area contributed by atoms with Gasteiger partial charge in [-0.15, -0.1) is 0 Å². The maximum atomic E-state index is 4.52. The van der Waals surface area contributed by atoms with Crippen molar-refractivity contribution in [3.05, 3.63) is 54.0 Å². The summed E-state index contributed by atoms with van der Waals surface area (Å²) >= 11 is 0. The van der Waals surface area contributed by atoms with Crippen LogP contribution < -0.4 is 5.32 Å². The first-order valence-corrected chi connectivity index (χ1v) is 5.91. The minimum absolute atomic E-state index is 0.730. The number of rotatable bonds is 3. The predicted octanol–water partition coefficient (Wildman–Crippen LogP) is 2.88. The van der Waals surface area contributed by atoms with Crippen molar-refractivity contribution < 1.29 is 0 Å². The fraction of sp³-hybridized carbons (Fsp3) is 0.143.